The molecule has 6 heteroatoms. The first-order chi connectivity index (χ1) is 9.11. The molecule has 0 bridgehead atoms. The Morgan fingerprint density at radius 3 is 3.16 bits per heavy atom. The highest BCUT2D eigenvalue weighted by Crippen LogP contribution is 2.19. The Bertz CT molecular complexity index is 435. The van der Waals surface area contributed by atoms with Crippen molar-refractivity contribution in [2.45, 2.75) is 45.8 Å². The second-order valence-corrected chi connectivity index (χ2v) is 5.69. The van der Waals surface area contributed by atoms with Crippen molar-refractivity contribution < 1.29 is 9.53 Å². The third-order valence-corrected chi connectivity index (χ3v) is 4.22. The minimum absolute atomic E-state index is 0.0754. The van der Waals surface area contributed by atoms with Gasteiger partial charge in [0, 0.05) is 11.9 Å². The fraction of sp³-hybridized carbons (Fsp3) is 0.692. The highest BCUT2D eigenvalue weighted by atomic mass is 32.1. The minimum atomic E-state index is -0.0833. The van der Waals surface area contributed by atoms with E-state index in [-0.39, 0.29) is 18.2 Å². The zero-order valence-electron chi connectivity index (χ0n) is 11.7. The van der Waals surface area contributed by atoms with E-state index in [1.165, 1.54) is 11.3 Å². The Hall–Kier alpha value is -1.14. The summed E-state index contributed by atoms with van der Waals surface area (Å²) in [6.07, 6.45) is 2.10. The lowest BCUT2D eigenvalue weighted by Gasteiger charge is -2.37. The highest BCUT2D eigenvalue weighted by Gasteiger charge is 2.29. The lowest BCUT2D eigenvalue weighted by molar-refractivity contribution is -0.0355. The molecule has 2 atom stereocenters. The summed E-state index contributed by atoms with van der Waals surface area (Å²) in [7, 11) is 0. The number of carbonyl (C=O) groups is 1. The molecular formula is C13H21N3O2S. The number of carbonyl (C=O) groups excluding carboxylic acids is 1. The fourth-order valence-electron chi connectivity index (χ4n) is 2.12. The summed E-state index contributed by atoms with van der Waals surface area (Å²) in [5.41, 5.74) is 1.05. The Morgan fingerprint density at radius 2 is 2.42 bits per heavy atom. The maximum atomic E-state index is 12.2. The third-order valence-electron chi connectivity index (χ3n) is 3.42. The van der Waals surface area contributed by atoms with Gasteiger partial charge < -0.3 is 9.64 Å². The Labute approximate surface area is 118 Å². The summed E-state index contributed by atoms with van der Waals surface area (Å²) in [5, 5.41) is 5.57. The number of ether oxygens (including phenoxy) is 1. The summed E-state index contributed by atoms with van der Waals surface area (Å²) >= 11 is 1.48. The van der Waals surface area contributed by atoms with Gasteiger partial charge in [-0.3, -0.25) is 5.32 Å². The smallest absolute Gasteiger partial charge is 0.324 e. The van der Waals surface area contributed by atoms with Crippen LogP contribution >= 0.6 is 11.3 Å². The number of anilines is 1. The van der Waals surface area contributed by atoms with E-state index in [4.69, 9.17) is 4.74 Å². The van der Waals surface area contributed by atoms with Crippen molar-refractivity contribution in [2.24, 2.45) is 0 Å². The molecule has 1 fully saturated rings. The average Bonchev–Trinajstić information content (AvgIpc) is 2.80. The number of aromatic nitrogens is 1. The van der Waals surface area contributed by atoms with Gasteiger partial charge in [0.25, 0.3) is 0 Å². The standard InChI is InChI=1S/C13H21N3O2S/c1-4-5-11-8-19-12(14-11)15-13(17)16-6-7-18-10(3)9(16)2/h8-10H,4-7H2,1-3H3,(H,14,15,17)/t9-,10+/m1/s1. The molecule has 0 unspecified atom stereocenters. The first-order valence-electron chi connectivity index (χ1n) is 6.75. The van der Waals surface area contributed by atoms with E-state index in [2.05, 4.69) is 17.2 Å². The highest BCUT2D eigenvalue weighted by molar-refractivity contribution is 7.13. The number of aryl methyl sites for hydroxylation is 1. The molecule has 2 heterocycles. The van der Waals surface area contributed by atoms with Crippen molar-refractivity contribution in [1.29, 1.82) is 0 Å². The Balaban J connectivity index is 1.95. The third kappa shape index (κ3) is 3.45. The second-order valence-electron chi connectivity index (χ2n) is 4.83. The van der Waals surface area contributed by atoms with Crippen LogP contribution in [0.3, 0.4) is 0 Å². The SMILES string of the molecule is CCCc1csc(NC(=O)N2CCO[C@@H](C)[C@H]2C)n1. The number of rotatable bonds is 3. The van der Waals surface area contributed by atoms with Gasteiger partial charge >= 0.3 is 6.03 Å². The van der Waals surface area contributed by atoms with E-state index in [1.54, 1.807) is 0 Å². The molecule has 1 aromatic heterocycles. The first-order valence-corrected chi connectivity index (χ1v) is 7.63. The summed E-state index contributed by atoms with van der Waals surface area (Å²) in [6, 6.07) is 0.00359. The topological polar surface area (TPSA) is 54.5 Å². The van der Waals surface area contributed by atoms with Gasteiger partial charge in [-0.25, -0.2) is 9.78 Å². The van der Waals surface area contributed by atoms with Gasteiger partial charge in [-0.05, 0) is 20.3 Å². The van der Waals surface area contributed by atoms with Crippen molar-refractivity contribution in [3.63, 3.8) is 0 Å². The van der Waals surface area contributed by atoms with E-state index in [1.807, 2.05) is 24.1 Å². The monoisotopic (exact) mass is 283 g/mol. The zero-order valence-corrected chi connectivity index (χ0v) is 12.5. The molecule has 0 radical (unpaired) electrons. The summed E-state index contributed by atoms with van der Waals surface area (Å²) in [6.45, 7) is 7.34. The molecular weight excluding hydrogens is 262 g/mol. The number of hydrogen-bond donors (Lipinski definition) is 1. The molecule has 106 valence electrons. The normalized spacial score (nSPS) is 23.4. The van der Waals surface area contributed by atoms with Crippen LogP contribution in [0.4, 0.5) is 9.93 Å². The first kappa shape index (κ1) is 14.3. The maximum Gasteiger partial charge on any atom is 0.324 e. The van der Waals surface area contributed by atoms with Crippen molar-refractivity contribution >= 4 is 22.5 Å². The largest absolute Gasteiger partial charge is 0.375 e. The molecule has 2 rings (SSSR count). The molecule has 1 saturated heterocycles. The molecule has 1 aliphatic heterocycles. The van der Waals surface area contributed by atoms with Crippen LogP contribution < -0.4 is 5.32 Å². The number of amides is 2. The van der Waals surface area contributed by atoms with Crippen molar-refractivity contribution in [1.82, 2.24) is 9.88 Å². The van der Waals surface area contributed by atoms with E-state index in [0.717, 1.165) is 18.5 Å². The quantitative estimate of drug-likeness (QED) is 0.928. The lowest BCUT2D eigenvalue weighted by Crippen LogP contribution is -2.52. The van der Waals surface area contributed by atoms with Crippen LogP contribution in [0.25, 0.3) is 0 Å². The number of nitrogens with one attached hydrogen (secondary N) is 1. The average molecular weight is 283 g/mol. The van der Waals surface area contributed by atoms with E-state index < -0.39 is 0 Å². The summed E-state index contributed by atoms with van der Waals surface area (Å²) < 4.78 is 5.52. The molecule has 19 heavy (non-hydrogen) atoms. The van der Waals surface area contributed by atoms with E-state index in [9.17, 15) is 4.79 Å². The molecule has 0 saturated carbocycles. The number of hydrogen-bond acceptors (Lipinski definition) is 4. The van der Waals surface area contributed by atoms with Crippen LogP contribution in [0.15, 0.2) is 5.38 Å². The van der Waals surface area contributed by atoms with Gasteiger partial charge in [0.2, 0.25) is 0 Å². The Kier molecular flexibility index (Phi) is 4.76. The Morgan fingerprint density at radius 1 is 1.63 bits per heavy atom. The van der Waals surface area contributed by atoms with Gasteiger partial charge in [0.15, 0.2) is 5.13 Å². The van der Waals surface area contributed by atoms with Crippen molar-refractivity contribution in [2.75, 3.05) is 18.5 Å². The van der Waals surface area contributed by atoms with Crippen LogP contribution in [0.5, 0.6) is 0 Å². The number of nitrogens with zero attached hydrogens (tertiary/aromatic N) is 2. The van der Waals surface area contributed by atoms with Crippen LogP contribution in [-0.4, -0.2) is 41.2 Å². The fourth-order valence-corrected chi connectivity index (χ4v) is 2.85. The van der Waals surface area contributed by atoms with Gasteiger partial charge in [0.05, 0.1) is 24.4 Å². The summed E-state index contributed by atoms with van der Waals surface area (Å²) in [4.78, 5) is 18.4. The zero-order chi connectivity index (χ0) is 13.8. The van der Waals surface area contributed by atoms with Crippen LogP contribution in [0.1, 0.15) is 32.9 Å². The molecule has 2 amide bonds. The summed E-state index contributed by atoms with van der Waals surface area (Å²) in [5.74, 6) is 0. The van der Waals surface area contributed by atoms with Gasteiger partial charge in [-0.15, -0.1) is 11.3 Å². The molecule has 1 aromatic rings. The maximum absolute atomic E-state index is 12.2. The second kappa shape index (κ2) is 6.34. The minimum Gasteiger partial charge on any atom is -0.375 e. The van der Waals surface area contributed by atoms with Crippen LogP contribution in [0, 0.1) is 0 Å². The molecule has 0 spiro atoms. The van der Waals surface area contributed by atoms with Crippen LogP contribution in [0.2, 0.25) is 0 Å². The molecule has 1 aliphatic rings. The van der Waals surface area contributed by atoms with E-state index in [0.29, 0.717) is 18.3 Å². The number of morpholine rings is 1. The predicted molar refractivity (Wildman–Crippen MR) is 76.7 cm³/mol. The molecule has 0 aromatic carbocycles. The van der Waals surface area contributed by atoms with Crippen molar-refractivity contribution in [3.8, 4) is 0 Å². The van der Waals surface area contributed by atoms with Gasteiger partial charge in [-0.1, -0.05) is 13.3 Å². The number of thiazole rings is 1. The molecule has 5 nitrogen and oxygen atoms in total. The molecule has 0 aliphatic carbocycles. The van der Waals surface area contributed by atoms with Gasteiger partial charge in [0.1, 0.15) is 0 Å². The van der Waals surface area contributed by atoms with Gasteiger partial charge in [-0.2, -0.15) is 0 Å². The van der Waals surface area contributed by atoms with Crippen LogP contribution in [-0.2, 0) is 11.2 Å². The predicted octanol–water partition coefficient (Wildman–Crippen LogP) is 2.74. The molecule has 1 N–H and O–H groups in total. The van der Waals surface area contributed by atoms with E-state index >= 15 is 0 Å². The lowest BCUT2D eigenvalue weighted by atomic mass is 10.1. The van der Waals surface area contributed by atoms with Crippen molar-refractivity contribution in [3.05, 3.63) is 11.1 Å². The number of urea groups is 1.